The summed E-state index contributed by atoms with van der Waals surface area (Å²) in [5.41, 5.74) is 0. The highest BCUT2D eigenvalue weighted by Crippen LogP contribution is 2.02. The molecule has 0 amide bonds. The number of ether oxygens (including phenoxy) is 4. The van der Waals surface area contributed by atoms with Gasteiger partial charge >= 0.3 is 11.9 Å². The van der Waals surface area contributed by atoms with Crippen molar-refractivity contribution in [3.63, 3.8) is 0 Å². The average Bonchev–Trinajstić information content (AvgIpc) is 2.73. The van der Waals surface area contributed by atoms with E-state index in [0.29, 0.717) is 39.1 Å². The fourth-order valence-electron chi connectivity index (χ4n) is 2.35. The third kappa shape index (κ3) is 19.1. The molecule has 10 heteroatoms. The SMILES string of the molecule is COCCOC(=O)CCN(C)CCNCCN(C)CCC(=O)OCCOC(O)C(C)C. The molecule has 0 rings (SSSR count). The van der Waals surface area contributed by atoms with Gasteiger partial charge in [-0.1, -0.05) is 13.8 Å². The van der Waals surface area contributed by atoms with Gasteiger partial charge in [-0.3, -0.25) is 9.59 Å². The molecule has 0 aliphatic carbocycles. The van der Waals surface area contributed by atoms with Gasteiger partial charge in [-0.15, -0.1) is 0 Å². The summed E-state index contributed by atoms with van der Waals surface area (Å²) < 4.78 is 20.1. The molecule has 0 bridgehead atoms. The molecular weight excluding hydrogens is 406 g/mol. The van der Waals surface area contributed by atoms with Gasteiger partial charge in [0.05, 0.1) is 26.1 Å². The molecule has 0 saturated heterocycles. The summed E-state index contributed by atoms with van der Waals surface area (Å²) >= 11 is 0. The maximum Gasteiger partial charge on any atom is 0.307 e. The van der Waals surface area contributed by atoms with Crippen LogP contribution in [0.4, 0.5) is 0 Å². The summed E-state index contributed by atoms with van der Waals surface area (Å²) in [6.07, 6.45) is -0.157. The lowest BCUT2D eigenvalue weighted by Crippen LogP contribution is -2.35. The fourth-order valence-corrected chi connectivity index (χ4v) is 2.35. The van der Waals surface area contributed by atoms with Gasteiger partial charge in [0.1, 0.15) is 13.2 Å². The Morgan fingerprint density at radius 1 is 0.839 bits per heavy atom. The minimum absolute atomic E-state index is 0.00778. The molecule has 10 nitrogen and oxygen atoms in total. The number of likely N-dealkylation sites (N-methyl/N-ethyl adjacent to an activating group) is 2. The monoisotopic (exact) mass is 449 g/mol. The van der Waals surface area contributed by atoms with Crippen LogP contribution in [0.1, 0.15) is 26.7 Å². The molecule has 2 N–H and O–H groups in total. The molecule has 184 valence electrons. The normalized spacial score (nSPS) is 12.5. The highest BCUT2D eigenvalue weighted by atomic mass is 16.6. The molecule has 0 aliphatic heterocycles. The number of esters is 2. The largest absolute Gasteiger partial charge is 0.463 e. The lowest BCUT2D eigenvalue weighted by Gasteiger charge is -2.19. The number of methoxy groups -OCH3 is 1. The van der Waals surface area contributed by atoms with Gasteiger partial charge in [-0.2, -0.15) is 0 Å². The van der Waals surface area contributed by atoms with E-state index >= 15 is 0 Å². The zero-order chi connectivity index (χ0) is 23.5. The molecule has 0 heterocycles. The standard InChI is InChI=1S/C21H43N3O7/c1-18(2)21(27)31-17-16-30-20(26)7-11-24(4)13-9-22-8-12-23(3)10-6-19(25)29-15-14-28-5/h18,21-22,27H,6-17H2,1-5H3. The van der Waals surface area contributed by atoms with E-state index in [0.717, 1.165) is 26.2 Å². The summed E-state index contributed by atoms with van der Waals surface area (Å²) in [4.78, 5) is 27.4. The Labute approximate surface area is 187 Å². The molecule has 1 atom stereocenters. The Kier molecular flexibility index (Phi) is 18.6. The van der Waals surface area contributed by atoms with Gasteiger partial charge in [0.2, 0.25) is 0 Å². The number of aliphatic hydroxyl groups excluding tert-OH is 1. The van der Waals surface area contributed by atoms with Crippen LogP contribution >= 0.6 is 0 Å². The van der Waals surface area contributed by atoms with Gasteiger partial charge < -0.3 is 39.2 Å². The summed E-state index contributed by atoms with van der Waals surface area (Å²) in [5.74, 6) is -0.476. The van der Waals surface area contributed by atoms with Crippen molar-refractivity contribution in [2.24, 2.45) is 5.92 Å². The van der Waals surface area contributed by atoms with Crippen molar-refractivity contribution >= 4 is 11.9 Å². The Bertz CT molecular complexity index is 466. The van der Waals surface area contributed by atoms with Gasteiger partial charge in [-0.25, -0.2) is 0 Å². The fraction of sp³-hybridized carbons (Fsp3) is 0.905. The van der Waals surface area contributed by atoms with Crippen molar-refractivity contribution in [1.82, 2.24) is 15.1 Å². The first-order valence-corrected chi connectivity index (χ1v) is 10.9. The number of hydrogen-bond donors (Lipinski definition) is 2. The molecule has 0 aliphatic rings. The van der Waals surface area contributed by atoms with Crippen molar-refractivity contribution in [1.29, 1.82) is 0 Å². The van der Waals surface area contributed by atoms with Crippen molar-refractivity contribution < 1.29 is 33.6 Å². The molecule has 31 heavy (non-hydrogen) atoms. The Hall–Kier alpha value is -1.30. The van der Waals surface area contributed by atoms with E-state index in [2.05, 4.69) is 15.1 Å². The second-order valence-electron chi connectivity index (χ2n) is 7.80. The van der Waals surface area contributed by atoms with Crippen molar-refractivity contribution in [3.05, 3.63) is 0 Å². The van der Waals surface area contributed by atoms with Crippen molar-refractivity contribution in [2.45, 2.75) is 33.0 Å². The number of carbonyl (C=O) groups excluding carboxylic acids is 2. The third-order valence-corrected chi connectivity index (χ3v) is 4.49. The van der Waals surface area contributed by atoms with E-state index in [-0.39, 0.29) is 31.1 Å². The topological polar surface area (TPSA) is 110 Å². The first kappa shape index (κ1) is 29.7. The summed E-state index contributed by atoms with van der Waals surface area (Å²) in [6, 6.07) is 0. The van der Waals surface area contributed by atoms with Crippen LogP contribution in [0.25, 0.3) is 0 Å². The van der Waals surface area contributed by atoms with Crippen LogP contribution in [-0.2, 0) is 28.5 Å². The molecule has 0 aromatic heterocycles. The quantitative estimate of drug-likeness (QED) is 0.149. The zero-order valence-electron chi connectivity index (χ0n) is 19.9. The number of hydrogen-bond acceptors (Lipinski definition) is 10. The highest BCUT2D eigenvalue weighted by Gasteiger charge is 2.10. The summed E-state index contributed by atoms with van der Waals surface area (Å²) in [7, 11) is 5.50. The van der Waals surface area contributed by atoms with Crippen LogP contribution in [0.15, 0.2) is 0 Å². The predicted molar refractivity (Wildman–Crippen MR) is 118 cm³/mol. The number of aliphatic hydroxyl groups is 1. The molecule has 0 aromatic rings. The molecule has 0 saturated carbocycles. The van der Waals surface area contributed by atoms with Crippen LogP contribution in [0, 0.1) is 5.92 Å². The van der Waals surface area contributed by atoms with Gasteiger partial charge in [0.25, 0.3) is 0 Å². The van der Waals surface area contributed by atoms with Crippen LogP contribution in [0.2, 0.25) is 0 Å². The van der Waals surface area contributed by atoms with Gasteiger partial charge in [-0.05, 0) is 14.1 Å². The van der Waals surface area contributed by atoms with Crippen molar-refractivity contribution in [3.8, 4) is 0 Å². The van der Waals surface area contributed by atoms with E-state index < -0.39 is 6.29 Å². The van der Waals surface area contributed by atoms with Gasteiger partial charge in [0.15, 0.2) is 6.29 Å². The number of carbonyl (C=O) groups is 2. The van der Waals surface area contributed by atoms with Crippen molar-refractivity contribution in [2.75, 3.05) is 86.9 Å². The Balaban J connectivity index is 3.59. The lowest BCUT2D eigenvalue weighted by atomic mass is 10.2. The van der Waals surface area contributed by atoms with Crippen LogP contribution < -0.4 is 5.32 Å². The molecule has 0 fully saturated rings. The number of nitrogens with zero attached hydrogens (tertiary/aromatic N) is 2. The average molecular weight is 450 g/mol. The first-order chi connectivity index (χ1) is 14.8. The van der Waals surface area contributed by atoms with Crippen LogP contribution in [0.5, 0.6) is 0 Å². The van der Waals surface area contributed by atoms with E-state index in [1.165, 1.54) is 0 Å². The Morgan fingerprint density at radius 3 is 1.77 bits per heavy atom. The van der Waals surface area contributed by atoms with E-state index in [9.17, 15) is 14.7 Å². The zero-order valence-corrected chi connectivity index (χ0v) is 19.9. The van der Waals surface area contributed by atoms with E-state index in [1.54, 1.807) is 7.11 Å². The van der Waals surface area contributed by atoms with E-state index in [1.807, 2.05) is 27.9 Å². The summed E-state index contributed by atoms with van der Waals surface area (Å²) in [5, 5.41) is 12.9. The molecule has 1 unspecified atom stereocenters. The number of rotatable bonds is 20. The Morgan fingerprint density at radius 2 is 1.32 bits per heavy atom. The predicted octanol–water partition coefficient (Wildman–Crippen LogP) is -0.0564. The minimum Gasteiger partial charge on any atom is -0.463 e. The lowest BCUT2D eigenvalue weighted by molar-refractivity contribution is -0.156. The second-order valence-corrected chi connectivity index (χ2v) is 7.80. The highest BCUT2D eigenvalue weighted by molar-refractivity contribution is 5.69. The maximum absolute atomic E-state index is 11.7. The maximum atomic E-state index is 11.7. The van der Waals surface area contributed by atoms with Crippen LogP contribution in [0.3, 0.4) is 0 Å². The molecule has 0 aromatic carbocycles. The molecule has 0 spiro atoms. The summed E-state index contributed by atoms with van der Waals surface area (Å²) in [6.45, 7) is 9.27. The second kappa shape index (κ2) is 19.4. The van der Waals surface area contributed by atoms with Gasteiger partial charge in [0, 0.05) is 52.3 Å². The molecule has 0 radical (unpaired) electrons. The van der Waals surface area contributed by atoms with Crippen LogP contribution in [-0.4, -0.2) is 120 Å². The minimum atomic E-state index is -0.834. The molecular formula is C21H43N3O7. The first-order valence-electron chi connectivity index (χ1n) is 10.9. The smallest absolute Gasteiger partial charge is 0.307 e. The van der Waals surface area contributed by atoms with E-state index in [4.69, 9.17) is 18.9 Å². The third-order valence-electron chi connectivity index (χ3n) is 4.49. The number of nitrogens with one attached hydrogen (secondary N) is 1.